The molecule has 1 aliphatic rings. The van der Waals surface area contributed by atoms with Crippen molar-refractivity contribution in [2.75, 3.05) is 12.3 Å². The van der Waals surface area contributed by atoms with Gasteiger partial charge in [-0.25, -0.2) is 8.42 Å². The van der Waals surface area contributed by atoms with Gasteiger partial charge in [0.05, 0.1) is 5.69 Å². The predicted octanol–water partition coefficient (Wildman–Crippen LogP) is 2.84. The molecule has 1 aromatic rings. The number of rotatable bonds is 2. The molecule has 0 saturated carbocycles. The van der Waals surface area contributed by atoms with Crippen LogP contribution < -0.4 is 5.73 Å². The zero-order chi connectivity index (χ0) is 14.9. The van der Waals surface area contributed by atoms with Crippen molar-refractivity contribution in [2.24, 2.45) is 0 Å². The van der Waals surface area contributed by atoms with Crippen molar-refractivity contribution in [3.8, 4) is 0 Å². The van der Waals surface area contributed by atoms with Gasteiger partial charge in [-0.3, -0.25) is 0 Å². The predicted molar refractivity (Wildman–Crippen MR) is 82.2 cm³/mol. The summed E-state index contributed by atoms with van der Waals surface area (Å²) in [6, 6.07) is 3.75. The van der Waals surface area contributed by atoms with Crippen LogP contribution in [0.4, 0.5) is 5.69 Å². The lowest BCUT2D eigenvalue weighted by Gasteiger charge is -2.28. The molecule has 1 heterocycles. The van der Waals surface area contributed by atoms with E-state index in [1.165, 1.54) is 0 Å². The van der Waals surface area contributed by atoms with Crippen LogP contribution in [-0.2, 0) is 10.0 Å². The minimum atomic E-state index is -3.51. The first-order chi connectivity index (χ1) is 9.35. The minimum Gasteiger partial charge on any atom is -0.397 e. The van der Waals surface area contributed by atoms with Crippen LogP contribution in [-0.4, -0.2) is 25.3 Å². The van der Waals surface area contributed by atoms with Crippen LogP contribution in [0.2, 0.25) is 0 Å². The fourth-order valence-corrected chi connectivity index (χ4v) is 4.97. The summed E-state index contributed by atoms with van der Waals surface area (Å²) in [5.74, 6) is 0. The van der Waals surface area contributed by atoms with Crippen LogP contribution in [0, 0.1) is 13.8 Å². The number of sulfonamides is 1. The van der Waals surface area contributed by atoms with E-state index in [4.69, 9.17) is 5.73 Å². The lowest BCUT2D eigenvalue weighted by Crippen LogP contribution is -2.38. The average molecular weight is 296 g/mol. The smallest absolute Gasteiger partial charge is 0.245 e. The van der Waals surface area contributed by atoms with Crippen LogP contribution in [0.1, 0.15) is 43.7 Å². The normalized spacial score (nSPS) is 21.6. The molecule has 4 nitrogen and oxygen atoms in total. The van der Waals surface area contributed by atoms with Crippen molar-refractivity contribution < 1.29 is 8.42 Å². The molecular formula is C15H24N2O2S. The molecular weight excluding hydrogens is 272 g/mol. The van der Waals surface area contributed by atoms with Gasteiger partial charge in [-0.05, 0) is 44.7 Å². The summed E-state index contributed by atoms with van der Waals surface area (Å²) < 4.78 is 27.6. The SMILES string of the molecule is Cc1ccc(C)c(S(=O)(=O)N2CCCCCC2C)c1N. The first-order valence-corrected chi connectivity index (χ1v) is 8.67. The zero-order valence-electron chi connectivity index (χ0n) is 12.5. The number of nitrogens with zero attached hydrogens (tertiary/aromatic N) is 1. The second kappa shape index (κ2) is 5.74. The van der Waals surface area contributed by atoms with E-state index in [-0.39, 0.29) is 6.04 Å². The van der Waals surface area contributed by atoms with Gasteiger partial charge in [0.2, 0.25) is 10.0 Å². The molecule has 112 valence electrons. The third-order valence-electron chi connectivity index (χ3n) is 4.17. The molecule has 1 aliphatic heterocycles. The Morgan fingerprint density at radius 3 is 2.50 bits per heavy atom. The maximum Gasteiger partial charge on any atom is 0.245 e. The molecule has 1 atom stereocenters. The van der Waals surface area contributed by atoms with Crippen LogP contribution >= 0.6 is 0 Å². The summed E-state index contributed by atoms with van der Waals surface area (Å²) in [7, 11) is -3.51. The van der Waals surface area contributed by atoms with Crippen molar-refractivity contribution >= 4 is 15.7 Å². The molecule has 5 heteroatoms. The molecule has 0 radical (unpaired) electrons. The molecule has 0 amide bonds. The van der Waals surface area contributed by atoms with E-state index < -0.39 is 10.0 Å². The lowest BCUT2D eigenvalue weighted by molar-refractivity contribution is 0.342. The topological polar surface area (TPSA) is 63.4 Å². The summed E-state index contributed by atoms with van der Waals surface area (Å²) >= 11 is 0. The summed E-state index contributed by atoms with van der Waals surface area (Å²) in [4.78, 5) is 0.297. The second-order valence-corrected chi connectivity index (χ2v) is 7.58. The third-order valence-corrected chi connectivity index (χ3v) is 6.39. The molecule has 2 N–H and O–H groups in total. The van der Waals surface area contributed by atoms with E-state index in [1.807, 2.05) is 32.9 Å². The summed E-state index contributed by atoms with van der Waals surface area (Å²) in [6.07, 6.45) is 4.03. The van der Waals surface area contributed by atoms with Crippen molar-refractivity contribution in [2.45, 2.75) is 57.4 Å². The van der Waals surface area contributed by atoms with Gasteiger partial charge in [0.25, 0.3) is 0 Å². The summed E-state index contributed by atoms with van der Waals surface area (Å²) in [6.45, 7) is 6.24. The van der Waals surface area contributed by atoms with E-state index in [1.54, 1.807) is 4.31 Å². The molecule has 0 aromatic heterocycles. The fraction of sp³-hybridized carbons (Fsp3) is 0.600. The van der Waals surface area contributed by atoms with Crippen LogP contribution in [0.3, 0.4) is 0 Å². The second-order valence-electron chi connectivity index (χ2n) is 5.76. The van der Waals surface area contributed by atoms with Gasteiger partial charge in [-0.15, -0.1) is 0 Å². The number of nitrogen functional groups attached to an aromatic ring is 1. The fourth-order valence-electron chi connectivity index (χ4n) is 2.87. The Balaban J connectivity index is 2.52. The molecule has 20 heavy (non-hydrogen) atoms. The van der Waals surface area contributed by atoms with Gasteiger partial charge in [0.15, 0.2) is 0 Å². The van der Waals surface area contributed by atoms with Crippen molar-refractivity contribution in [3.05, 3.63) is 23.3 Å². The maximum atomic E-state index is 13.0. The van der Waals surface area contributed by atoms with Gasteiger partial charge in [0.1, 0.15) is 4.90 Å². The van der Waals surface area contributed by atoms with Crippen LogP contribution in [0.15, 0.2) is 17.0 Å². The molecule has 0 spiro atoms. The molecule has 1 saturated heterocycles. The Morgan fingerprint density at radius 1 is 1.15 bits per heavy atom. The van der Waals surface area contributed by atoms with Crippen molar-refractivity contribution in [3.63, 3.8) is 0 Å². The Bertz CT molecular complexity index is 596. The van der Waals surface area contributed by atoms with E-state index in [2.05, 4.69) is 0 Å². The highest BCUT2D eigenvalue weighted by atomic mass is 32.2. The number of anilines is 1. The molecule has 1 unspecified atom stereocenters. The standard InChI is InChI=1S/C15H24N2O2S/c1-11-8-9-12(2)15(14(11)16)20(18,19)17-10-6-4-5-7-13(17)3/h8-9,13H,4-7,10,16H2,1-3H3. The third kappa shape index (κ3) is 2.69. The van der Waals surface area contributed by atoms with Gasteiger partial charge in [0, 0.05) is 12.6 Å². The van der Waals surface area contributed by atoms with E-state index >= 15 is 0 Å². The van der Waals surface area contributed by atoms with Gasteiger partial charge >= 0.3 is 0 Å². The van der Waals surface area contributed by atoms with Crippen molar-refractivity contribution in [1.82, 2.24) is 4.31 Å². The lowest BCUT2D eigenvalue weighted by atomic mass is 10.1. The van der Waals surface area contributed by atoms with Crippen molar-refractivity contribution in [1.29, 1.82) is 0 Å². The van der Waals surface area contributed by atoms with Gasteiger partial charge in [-0.1, -0.05) is 25.0 Å². The first-order valence-electron chi connectivity index (χ1n) is 7.23. The van der Waals surface area contributed by atoms with Crippen LogP contribution in [0.25, 0.3) is 0 Å². The molecule has 2 rings (SSSR count). The van der Waals surface area contributed by atoms with E-state index in [0.717, 1.165) is 36.8 Å². The number of hydrogen-bond donors (Lipinski definition) is 1. The number of nitrogens with two attached hydrogens (primary N) is 1. The molecule has 0 bridgehead atoms. The Morgan fingerprint density at radius 2 is 1.80 bits per heavy atom. The molecule has 1 fully saturated rings. The Labute approximate surface area is 122 Å². The van der Waals surface area contributed by atoms with Gasteiger partial charge in [-0.2, -0.15) is 4.31 Å². The Hall–Kier alpha value is -1.07. The summed E-state index contributed by atoms with van der Waals surface area (Å²) in [5.41, 5.74) is 7.99. The average Bonchev–Trinajstić information content (AvgIpc) is 2.59. The number of aryl methyl sites for hydroxylation is 2. The highest BCUT2D eigenvalue weighted by molar-refractivity contribution is 7.89. The van der Waals surface area contributed by atoms with E-state index in [0.29, 0.717) is 17.1 Å². The zero-order valence-corrected chi connectivity index (χ0v) is 13.3. The molecule has 0 aliphatic carbocycles. The first kappa shape index (κ1) is 15.3. The highest BCUT2D eigenvalue weighted by Gasteiger charge is 2.32. The number of hydrogen-bond acceptors (Lipinski definition) is 3. The quantitative estimate of drug-likeness (QED) is 0.854. The van der Waals surface area contributed by atoms with E-state index in [9.17, 15) is 8.42 Å². The monoisotopic (exact) mass is 296 g/mol. The summed E-state index contributed by atoms with van der Waals surface area (Å²) in [5, 5.41) is 0. The minimum absolute atomic E-state index is 0.0433. The highest BCUT2D eigenvalue weighted by Crippen LogP contribution is 2.31. The Kier molecular flexibility index (Phi) is 4.39. The molecule has 1 aromatic carbocycles. The number of benzene rings is 1. The van der Waals surface area contributed by atoms with Gasteiger partial charge < -0.3 is 5.73 Å². The van der Waals surface area contributed by atoms with Crippen LogP contribution in [0.5, 0.6) is 0 Å². The maximum absolute atomic E-state index is 13.0. The largest absolute Gasteiger partial charge is 0.397 e.